The molecule has 0 amide bonds. The van der Waals surface area contributed by atoms with Crippen LogP contribution in [0, 0.1) is 0 Å². The highest BCUT2D eigenvalue weighted by molar-refractivity contribution is 7.93. The molecular formula is C12H15F3N2O3S2. The Morgan fingerprint density at radius 3 is 2.73 bits per heavy atom. The van der Waals surface area contributed by atoms with Crippen LogP contribution in [-0.4, -0.2) is 31.5 Å². The molecule has 0 aliphatic heterocycles. The maximum absolute atomic E-state index is 12.7. The Morgan fingerprint density at radius 1 is 1.45 bits per heavy atom. The summed E-state index contributed by atoms with van der Waals surface area (Å²) < 4.78 is 60.0. The van der Waals surface area contributed by atoms with Crippen molar-refractivity contribution in [3.8, 4) is 0 Å². The molecule has 22 heavy (non-hydrogen) atoms. The molecule has 0 bridgehead atoms. The van der Waals surface area contributed by atoms with Crippen molar-refractivity contribution in [1.29, 1.82) is 0 Å². The highest BCUT2D eigenvalue weighted by Crippen LogP contribution is 2.22. The van der Waals surface area contributed by atoms with E-state index in [4.69, 9.17) is 4.84 Å². The third-order valence-electron chi connectivity index (χ3n) is 2.23. The second-order valence-corrected chi connectivity index (χ2v) is 7.87. The fraction of sp³-hybridized carbons (Fsp3) is 0.500. The topological polar surface area (TPSA) is 68.6 Å². The molecular weight excluding hydrogens is 341 g/mol. The van der Waals surface area contributed by atoms with Gasteiger partial charge in [0.15, 0.2) is 5.83 Å². The molecule has 10 heteroatoms. The summed E-state index contributed by atoms with van der Waals surface area (Å²) in [6, 6.07) is 0. The van der Waals surface area contributed by atoms with Gasteiger partial charge in [-0.15, -0.1) is 11.3 Å². The molecule has 1 aromatic rings. The van der Waals surface area contributed by atoms with Crippen molar-refractivity contribution in [1.82, 2.24) is 4.98 Å². The lowest BCUT2D eigenvalue weighted by molar-refractivity contribution is 0.0869. The van der Waals surface area contributed by atoms with Gasteiger partial charge >= 0.3 is 6.08 Å². The van der Waals surface area contributed by atoms with Crippen LogP contribution in [0.15, 0.2) is 27.6 Å². The van der Waals surface area contributed by atoms with Gasteiger partial charge in [0.05, 0.1) is 5.75 Å². The average molecular weight is 356 g/mol. The minimum Gasteiger partial charge on any atom is -0.393 e. The average Bonchev–Trinajstić information content (AvgIpc) is 2.90. The van der Waals surface area contributed by atoms with Crippen molar-refractivity contribution >= 4 is 27.4 Å². The fourth-order valence-electron chi connectivity index (χ4n) is 1.23. The van der Waals surface area contributed by atoms with Gasteiger partial charge in [-0.05, 0) is 13.8 Å². The number of hydrogen-bond acceptors (Lipinski definition) is 6. The number of allylic oxidation sites excluding steroid dienone is 1. The monoisotopic (exact) mass is 356 g/mol. The Labute approximate surface area is 130 Å². The summed E-state index contributed by atoms with van der Waals surface area (Å²) >= 11 is 0.887. The van der Waals surface area contributed by atoms with E-state index >= 15 is 0 Å². The molecule has 1 heterocycles. The summed E-state index contributed by atoms with van der Waals surface area (Å²) in [5.74, 6) is -2.48. The minimum absolute atomic E-state index is 0.0625. The number of nitrogens with zero attached hydrogens (tertiary/aromatic N) is 2. The van der Waals surface area contributed by atoms with Gasteiger partial charge in [-0.2, -0.15) is 8.78 Å². The van der Waals surface area contributed by atoms with Gasteiger partial charge in [0.2, 0.25) is 14.2 Å². The summed E-state index contributed by atoms with van der Waals surface area (Å²) in [7, 11) is -3.89. The van der Waals surface area contributed by atoms with E-state index < -0.39 is 33.9 Å². The highest BCUT2D eigenvalue weighted by atomic mass is 32.2. The van der Waals surface area contributed by atoms with Crippen molar-refractivity contribution in [3.05, 3.63) is 23.0 Å². The molecule has 1 rings (SSSR count). The molecule has 0 aromatic carbocycles. The van der Waals surface area contributed by atoms with E-state index in [1.54, 1.807) is 0 Å². The largest absolute Gasteiger partial charge is 0.393 e. The van der Waals surface area contributed by atoms with Crippen LogP contribution in [0.3, 0.4) is 0 Å². The molecule has 0 aliphatic carbocycles. The first-order chi connectivity index (χ1) is 10.2. The predicted octanol–water partition coefficient (Wildman–Crippen LogP) is 3.34. The number of rotatable bonds is 8. The molecule has 0 fully saturated rings. The van der Waals surface area contributed by atoms with Crippen molar-refractivity contribution in [2.45, 2.75) is 37.1 Å². The van der Waals surface area contributed by atoms with E-state index in [9.17, 15) is 21.6 Å². The lowest BCUT2D eigenvalue weighted by Crippen LogP contribution is -2.06. The van der Waals surface area contributed by atoms with Crippen LogP contribution in [0.2, 0.25) is 0 Å². The van der Waals surface area contributed by atoms with Gasteiger partial charge < -0.3 is 4.84 Å². The molecule has 1 aromatic heterocycles. The maximum atomic E-state index is 12.7. The standard InChI is InChI=1S/C12H15F3N2O3S2/c1-8(2)20-17-5-3-9-7-16-12(21-9)22(18,19)6-4-10(13)11(14)15/h5,7-8H,3-4,6H2,1-2H3/b17-5-. The smallest absolute Gasteiger partial charge is 0.301 e. The molecule has 0 atom stereocenters. The van der Waals surface area contributed by atoms with Crippen LogP contribution < -0.4 is 0 Å². The summed E-state index contributed by atoms with van der Waals surface area (Å²) in [4.78, 5) is 9.28. The van der Waals surface area contributed by atoms with Gasteiger partial charge in [-0.3, -0.25) is 0 Å². The molecule has 0 radical (unpaired) electrons. The van der Waals surface area contributed by atoms with Crippen molar-refractivity contribution in [2.24, 2.45) is 5.16 Å². The zero-order chi connectivity index (χ0) is 16.8. The first-order valence-electron chi connectivity index (χ1n) is 6.27. The van der Waals surface area contributed by atoms with Gasteiger partial charge in [0.1, 0.15) is 6.10 Å². The Kier molecular flexibility index (Phi) is 7.01. The number of oxime groups is 1. The van der Waals surface area contributed by atoms with E-state index in [-0.39, 0.29) is 10.4 Å². The summed E-state index contributed by atoms with van der Waals surface area (Å²) in [6.45, 7) is 3.62. The Bertz CT molecular complexity index is 650. The van der Waals surface area contributed by atoms with Gasteiger partial charge in [-0.1, -0.05) is 5.16 Å². The van der Waals surface area contributed by atoms with Gasteiger partial charge in [-0.25, -0.2) is 17.8 Å². The quantitative estimate of drug-likeness (QED) is 0.529. The molecule has 0 unspecified atom stereocenters. The lowest BCUT2D eigenvalue weighted by Gasteiger charge is -1.99. The summed E-state index contributed by atoms with van der Waals surface area (Å²) in [5, 5.41) is 3.68. The SMILES string of the molecule is CC(C)O/N=C\Cc1cnc(S(=O)(=O)CCC(F)=C(F)F)s1. The van der Waals surface area contributed by atoms with Crippen LogP contribution >= 0.6 is 11.3 Å². The minimum atomic E-state index is -3.89. The number of hydrogen-bond donors (Lipinski definition) is 0. The third-order valence-corrected chi connectivity index (χ3v) is 5.44. The highest BCUT2D eigenvalue weighted by Gasteiger charge is 2.20. The second-order valence-electron chi connectivity index (χ2n) is 4.47. The number of aromatic nitrogens is 1. The van der Waals surface area contributed by atoms with Crippen LogP contribution in [0.1, 0.15) is 25.1 Å². The number of sulfone groups is 1. The van der Waals surface area contributed by atoms with E-state index in [0.29, 0.717) is 11.3 Å². The normalized spacial score (nSPS) is 12.1. The van der Waals surface area contributed by atoms with Crippen LogP contribution in [-0.2, 0) is 21.1 Å². The lowest BCUT2D eigenvalue weighted by atomic mass is 10.4. The first kappa shape index (κ1) is 18.6. The van der Waals surface area contributed by atoms with Crippen LogP contribution in [0.25, 0.3) is 0 Å². The number of thiazole rings is 1. The van der Waals surface area contributed by atoms with Crippen molar-refractivity contribution in [3.63, 3.8) is 0 Å². The van der Waals surface area contributed by atoms with Gasteiger partial charge in [0, 0.05) is 30.1 Å². The Morgan fingerprint density at radius 2 is 2.14 bits per heavy atom. The molecule has 0 aliphatic rings. The zero-order valence-electron chi connectivity index (χ0n) is 11.9. The van der Waals surface area contributed by atoms with Gasteiger partial charge in [0.25, 0.3) is 0 Å². The van der Waals surface area contributed by atoms with Crippen molar-refractivity contribution < 1.29 is 26.4 Å². The third kappa shape index (κ3) is 6.14. The molecule has 124 valence electrons. The predicted molar refractivity (Wildman–Crippen MR) is 77.6 cm³/mol. The van der Waals surface area contributed by atoms with Crippen molar-refractivity contribution in [2.75, 3.05) is 5.75 Å². The summed E-state index contributed by atoms with van der Waals surface area (Å²) in [6.07, 6.45) is -0.300. The molecule has 5 nitrogen and oxygen atoms in total. The zero-order valence-corrected chi connectivity index (χ0v) is 13.6. The van der Waals surface area contributed by atoms with E-state index in [0.717, 1.165) is 11.3 Å². The first-order valence-corrected chi connectivity index (χ1v) is 8.74. The van der Waals surface area contributed by atoms with E-state index in [2.05, 4.69) is 10.1 Å². The molecule has 0 N–H and O–H groups in total. The second kappa shape index (κ2) is 8.28. The Hall–Kier alpha value is -1.42. The van der Waals surface area contributed by atoms with E-state index in [1.165, 1.54) is 12.4 Å². The van der Waals surface area contributed by atoms with Crippen LogP contribution in [0.4, 0.5) is 13.2 Å². The molecule has 0 saturated carbocycles. The number of halogens is 3. The summed E-state index contributed by atoms with van der Waals surface area (Å²) in [5.41, 5.74) is 0. The maximum Gasteiger partial charge on any atom is 0.301 e. The fourth-order valence-corrected chi connectivity index (χ4v) is 3.73. The Balaban J connectivity index is 2.66. The van der Waals surface area contributed by atoms with E-state index in [1.807, 2.05) is 13.8 Å². The van der Waals surface area contributed by atoms with Crippen LogP contribution in [0.5, 0.6) is 0 Å². The molecule has 0 spiro atoms. The molecule has 0 saturated heterocycles.